The fourth-order valence-electron chi connectivity index (χ4n) is 2.69. The average Bonchev–Trinajstić information content (AvgIpc) is 2.50. The van der Waals surface area contributed by atoms with Gasteiger partial charge in [0.25, 0.3) is 0 Å². The summed E-state index contributed by atoms with van der Waals surface area (Å²) in [5, 5.41) is 0. The molecule has 0 aromatic rings. The molecule has 0 aromatic carbocycles. The zero-order valence-electron chi connectivity index (χ0n) is 15.3. The van der Waals surface area contributed by atoms with E-state index in [1.54, 1.807) is 0 Å². The van der Waals surface area contributed by atoms with Gasteiger partial charge in [-0.1, -0.05) is 138 Å². The van der Waals surface area contributed by atoms with Crippen LogP contribution in [0.4, 0.5) is 0 Å². The Labute approximate surface area is 161 Å². The van der Waals surface area contributed by atoms with Crippen LogP contribution in [-0.2, 0) is 0 Å². The number of halogens is 3. The smallest absolute Gasteiger partial charge is 0.180 e. The molecule has 0 aliphatic carbocycles. The molecule has 0 heterocycles. The minimum atomic E-state index is -0.750. The fourth-order valence-corrected chi connectivity index (χ4v) is 2.69. The van der Waals surface area contributed by atoms with Crippen LogP contribution >= 0.6 is 34.8 Å². The van der Waals surface area contributed by atoms with Crippen molar-refractivity contribution in [1.29, 1.82) is 0 Å². The number of rotatable bonds is 16. The predicted octanol–water partition coefficient (Wildman–Crippen LogP) is 8.19. The van der Waals surface area contributed by atoms with Gasteiger partial charge in [-0.3, -0.25) is 0 Å². The standard InChI is InChI=1S/C18H39N.CHCl3/c1-2-3-4-5-6-7-8-9-10-11-12-13-14-15-16-17-18-19;2-1(3)4/h2-19H2,1H3;1H. The molecule has 0 saturated heterocycles. The average molecular weight is 389 g/mol. The summed E-state index contributed by atoms with van der Waals surface area (Å²) in [5.74, 6) is 0. The summed E-state index contributed by atoms with van der Waals surface area (Å²) < 4.78 is -0.750. The SMILES string of the molecule is CCCCCCCCCCCCCCCCCCN.ClC(Cl)Cl. The maximum Gasteiger partial charge on any atom is 0.180 e. The molecule has 23 heavy (non-hydrogen) atoms. The Bertz CT molecular complexity index is 171. The molecule has 0 aliphatic rings. The van der Waals surface area contributed by atoms with Crippen molar-refractivity contribution in [2.45, 2.75) is 114 Å². The Morgan fingerprint density at radius 1 is 0.522 bits per heavy atom. The highest BCUT2D eigenvalue weighted by molar-refractivity contribution is 6.63. The van der Waals surface area contributed by atoms with Crippen LogP contribution in [0.15, 0.2) is 0 Å². The number of unbranched alkanes of at least 4 members (excludes halogenated alkanes) is 15. The minimum Gasteiger partial charge on any atom is -0.330 e. The number of hydrogen-bond acceptors (Lipinski definition) is 1. The number of hydrogen-bond donors (Lipinski definition) is 1. The van der Waals surface area contributed by atoms with E-state index in [4.69, 9.17) is 40.5 Å². The molecular weight excluding hydrogens is 349 g/mol. The predicted molar refractivity (Wildman–Crippen MR) is 110 cm³/mol. The first-order valence-electron chi connectivity index (χ1n) is 9.77. The van der Waals surface area contributed by atoms with E-state index >= 15 is 0 Å². The first-order valence-corrected chi connectivity index (χ1v) is 11.1. The molecular formula is C19H40Cl3N. The molecule has 0 radical (unpaired) electrons. The molecule has 1 nitrogen and oxygen atoms in total. The maximum absolute atomic E-state index is 5.48. The van der Waals surface area contributed by atoms with Crippen molar-refractivity contribution >= 4 is 34.8 Å². The molecule has 0 fully saturated rings. The van der Waals surface area contributed by atoms with E-state index in [0.717, 1.165) is 6.54 Å². The van der Waals surface area contributed by atoms with Crippen LogP contribution in [0.25, 0.3) is 0 Å². The largest absolute Gasteiger partial charge is 0.330 e. The third-order valence-corrected chi connectivity index (χ3v) is 4.06. The molecule has 0 rings (SSSR count). The molecule has 2 N–H and O–H groups in total. The Balaban J connectivity index is 0. The highest BCUT2D eigenvalue weighted by atomic mass is 35.6. The van der Waals surface area contributed by atoms with Crippen LogP contribution in [0, 0.1) is 0 Å². The van der Waals surface area contributed by atoms with Crippen molar-refractivity contribution in [3.8, 4) is 0 Å². The van der Waals surface area contributed by atoms with Crippen molar-refractivity contribution in [2.24, 2.45) is 5.73 Å². The lowest BCUT2D eigenvalue weighted by atomic mass is 10.0. The number of alkyl halides is 3. The molecule has 0 aromatic heterocycles. The van der Waals surface area contributed by atoms with Crippen LogP contribution in [0.1, 0.15) is 110 Å². The zero-order valence-corrected chi connectivity index (χ0v) is 17.6. The van der Waals surface area contributed by atoms with Gasteiger partial charge in [0.2, 0.25) is 0 Å². The number of nitrogens with two attached hydrogens (primary N) is 1. The van der Waals surface area contributed by atoms with E-state index in [2.05, 4.69) is 6.92 Å². The molecule has 0 spiro atoms. The normalized spacial score (nSPS) is 10.7. The van der Waals surface area contributed by atoms with Gasteiger partial charge in [0.05, 0.1) is 0 Å². The third kappa shape index (κ3) is 35.0. The second-order valence-electron chi connectivity index (χ2n) is 6.34. The first-order chi connectivity index (χ1) is 11.1. The summed E-state index contributed by atoms with van der Waals surface area (Å²) in [4.78, 5) is 0. The van der Waals surface area contributed by atoms with Gasteiger partial charge in [0, 0.05) is 0 Å². The van der Waals surface area contributed by atoms with Gasteiger partial charge in [-0.2, -0.15) is 0 Å². The van der Waals surface area contributed by atoms with Crippen LogP contribution in [0.2, 0.25) is 0 Å². The van der Waals surface area contributed by atoms with Crippen LogP contribution in [0.3, 0.4) is 0 Å². The van der Waals surface area contributed by atoms with Crippen molar-refractivity contribution in [1.82, 2.24) is 0 Å². The monoisotopic (exact) mass is 387 g/mol. The molecule has 0 unspecified atom stereocenters. The van der Waals surface area contributed by atoms with Gasteiger partial charge in [-0.25, -0.2) is 0 Å². The lowest BCUT2D eigenvalue weighted by Crippen LogP contribution is -1.97. The maximum atomic E-state index is 5.48. The molecule has 142 valence electrons. The van der Waals surface area contributed by atoms with E-state index in [0.29, 0.717) is 0 Å². The van der Waals surface area contributed by atoms with Gasteiger partial charge in [-0.15, -0.1) is 0 Å². The van der Waals surface area contributed by atoms with Crippen molar-refractivity contribution in [3.63, 3.8) is 0 Å². The van der Waals surface area contributed by atoms with Crippen LogP contribution < -0.4 is 5.73 Å². The van der Waals surface area contributed by atoms with Crippen LogP contribution in [-0.4, -0.2) is 10.8 Å². The first kappa shape index (κ1) is 26.1. The Morgan fingerprint density at radius 2 is 0.739 bits per heavy atom. The van der Waals surface area contributed by atoms with E-state index in [1.165, 1.54) is 103 Å². The second-order valence-corrected chi connectivity index (χ2v) is 8.32. The van der Waals surface area contributed by atoms with E-state index in [9.17, 15) is 0 Å². The molecule has 0 bridgehead atoms. The van der Waals surface area contributed by atoms with Gasteiger partial charge < -0.3 is 5.73 Å². The molecule has 0 atom stereocenters. The molecule has 0 amide bonds. The molecule has 4 heteroatoms. The summed E-state index contributed by atoms with van der Waals surface area (Å²) in [6.07, 6.45) is 22.9. The summed E-state index contributed by atoms with van der Waals surface area (Å²) >= 11 is 14.4. The van der Waals surface area contributed by atoms with Crippen molar-refractivity contribution in [2.75, 3.05) is 6.54 Å². The van der Waals surface area contributed by atoms with Crippen molar-refractivity contribution < 1.29 is 0 Å². The molecule has 0 saturated carbocycles. The van der Waals surface area contributed by atoms with Gasteiger partial charge in [0.1, 0.15) is 0 Å². The van der Waals surface area contributed by atoms with Gasteiger partial charge >= 0.3 is 0 Å². The van der Waals surface area contributed by atoms with Gasteiger partial charge in [0.15, 0.2) is 4.30 Å². The summed E-state index contributed by atoms with van der Waals surface area (Å²) in [6.45, 7) is 3.16. The Morgan fingerprint density at radius 3 is 0.957 bits per heavy atom. The topological polar surface area (TPSA) is 26.0 Å². The summed E-state index contributed by atoms with van der Waals surface area (Å²) in [7, 11) is 0. The Hall–Kier alpha value is 0.830. The lowest BCUT2D eigenvalue weighted by Gasteiger charge is -2.03. The van der Waals surface area contributed by atoms with E-state index in [1.807, 2.05) is 0 Å². The van der Waals surface area contributed by atoms with E-state index < -0.39 is 4.30 Å². The van der Waals surface area contributed by atoms with Crippen LogP contribution in [0.5, 0.6) is 0 Å². The lowest BCUT2D eigenvalue weighted by molar-refractivity contribution is 0.530. The zero-order chi connectivity index (χ0) is 17.6. The highest BCUT2D eigenvalue weighted by Gasteiger charge is 1.94. The minimum absolute atomic E-state index is 0.750. The van der Waals surface area contributed by atoms with Crippen molar-refractivity contribution in [3.05, 3.63) is 0 Å². The highest BCUT2D eigenvalue weighted by Crippen LogP contribution is 2.13. The van der Waals surface area contributed by atoms with Gasteiger partial charge in [-0.05, 0) is 13.0 Å². The Kier molecular flexibility index (Phi) is 28.4. The molecule has 0 aliphatic heterocycles. The quantitative estimate of drug-likeness (QED) is 0.209. The third-order valence-electron chi connectivity index (χ3n) is 4.06. The second kappa shape index (κ2) is 25.1. The van der Waals surface area contributed by atoms with E-state index in [-0.39, 0.29) is 0 Å². The fraction of sp³-hybridized carbons (Fsp3) is 1.00. The summed E-state index contributed by atoms with van der Waals surface area (Å²) in [5.41, 5.74) is 5.48. The summed E-state index contributed by atoms with van der Waals surface area (Å²) in [6, 6.07) is 0.